The molecular weight excluding hydrogens is 320 g/mol. The summed E-state index contributed by atoms with van der Waals surface area (Å²) in [5, 5.41) is 0.214. The van der Waals surface area contributed by atoms with Crippen LogP contribution in [0.3, 0.4) is 0 Å². The van der Waals surface area contributed by atoms with Crippen LogP contribution in [0.15, 0.2) is 16.7 Å². The summed E-state index contributed by atoms with van der Waals surface area (Å²) in [6, 6.07) is 1.67. The second-order valence-corrected chi connectivity index (χ2v) is 5.16. The van der Waals surface area contributed by atoms with Gasteiger partial charge in [-0.15, -0.1) is 0 Å². The van der Waals surface area contributed by atoms with Crippen LogP contribution in [0.2, 0.25) is 5.15 Å². The van der Waals surface area contributed by atoms with Gasteiger partial charge in [-0.05, 0) is 35.8 Å². The van der Waals surface area contributed by atoms with Crippen LogP contribution in [0.1, 0.15) is 24.2 Å². The number of pyridine rings is 1. The Morgan fingerprint density at radius 2 is 2.33 bits per heavy atom. The molecule has 0 spiro atoms. The predicted molar refractivity (Wildman–Crippen MR) is 75.0 cm³/mol. The van der Waals surface area contributed by atoms with E-state index in [-0.39, 0.29) is 17.1 Å². The van der Waals surface area contributed by atoms with Crippen molar-refractivity contribution in [2.75, 3.05) is 20.3 Å². The van der Waals surface area contributed by atoms with Gasteiger partial charge in [0.1, 0.15) is 5.15 Å². The third kappa shape index (κ3) is 3.67. The maximum Gasteiger partial charge on any atom is 0.257 e. The minimum absolute atomic E-state index is 0.0115. The third-order valence-electron chi connectivity index (χ3n) is 2.58. The van der Waals surface area contributed by atoms with Crippen molar-refractivity contribution >= 4 is 33.4 Å². The zero-order valence-electron chi connectivity index (χ0n) is 10.6. The fourth-order valence-corrected chi connectivity index (χ4v) is 2.23. The molecule has 0 unspecified atom stereocenters. The Morgan fingerprint density at radius 3 is 2.89 bits per heavy atom. The first kappa shape index (κ1) is 15.4. The van der Waals surface area contributed by atoms with Crippen LogP contribution in [-0.4, -0.2) is 42.1 Å². The van der Waals surface area contributed by atoms with Gasteiger partial charge in [-0.3, -0.25) is 4.79 Å². The quantitative estimate of drug-likeness (QED) is 0.777. The Hall–Kier alpha value is -0.650. The number of aromatic nitrogens is 1. The van der Waals surface area contributed by atoms with E-state index in [1.165, 1.54) is 0 Å². The van der Waals surface area contributed by atoms with E-state index in [1.54, 1.807) is 24.3 Å². The van der Waals surface area contributed by atoms with Gasteiger partial charge in [0.15, 0.2) is 0 Å². The molecule has 0 aliphatic rings. The zero-order valence-corrected chi connectivity index (χ0v) is 13.0. The van der Waals surface area contributed by atoms with Crippen molar-refractivity contribution in [2.24, 2.45) is 0 Å². The molecule has 4 nitrogen and oxygen atoms in total. The van der Waals surface area contributed by atoms with Crippen LogP contribution in [0.5, 0.6) is 0 Å². The van der Waals surface area contributed by atoms with E-state index in [0.29, 0.717) is 18.7 Å². The summed E-state index contributed by atoms with van der Waals surface area (Å²) in [5.41, 5.74) is 0.399. The maximum atomic E-state index is 12.4. The highest BCUT2D eigenvalue weighted by molar-refractivity contribution is 9.10. The number of nitrogens with zero attached hydrogens (tertiary/aromatic N) is 2. The minimum atomic E-state index is -0.138. The summed E-state index contributed by atoms with van der Waals surface area (Å²) < 4.78 is 5.80. The number of ether oxygens (including phenoxy) is 1. The number of halogens is 2. The van der Waals surface area contributed by atoms with Gasteiger partial charge in [0, 0.05) is 24.3 Å². The van der Waals surface area contributed by atoms with Crippen LogP contribution >= 0.6 is 27.5 Å². The first-order chi connectivity index (χ1) is 8.51. The highest BCUT2D eigenvalue weighted by Crippen LogP contribution is 2.20. The molecule has 0 saturated heterocycles. The van der Waals surface area contributed by atoms with E-state index in [1.807, 2.05) is 13.8 Å². The Morgan fingerprint density at radius 1 is 1.67 bits per heavy atom. The number of hydrogen-bond acceptors (Lipinski definition) is 3. The lowest BCUT2D eigenvalue weighted by atomic mass is 10.2. The first-order valence-electron chi connectivity index (χ1n) is 5.62. The van der Waals surface area contributed by atoms with Crippen molar-refractivity contribution < 1.29 is 9.53 Å². The Bertz CT molecular complexity index is 429. The fraction of sp³-hybridized carbons (Fsp3) is 0.500. The fourth-order valence-electron chi connectivity index (χ4n) is 1.71. The number of amides is 1. The zero-order chi connectivity index (χ0) is 13.7. The molecule has 0 radical (unpaired) electrons. The molecule has 18 heavy (non-hydrogen) atoms. The molecule has 0 bridgehead atoms. The average molecular weight is 336 g/mol. The standard InChI is InChI=1S/C12H16BrClN2O2/c1-4-16(8(2)7-18-3)12(17)10-5-9(13)6-15-11(10)14/h5-6,8H,4,7H2,1-3H3/t8-/m1/s1. The molecule has 0 saturated carbocycles. The maximum absolute atomic E-state index is 12.4. The molecule has 0 fully saturated rings. The summed E-state index contributed by atoms with van der Waals surface area (Å²) in [6.45, 7) is 4.93. The van der Waals surface area contributed by atoms with Crippen LogP contribution in [0, 0.1) is 0 Å². The van der Waals surface area contributed by atoms with Crippen molar-refractivity contribution in [3.8, 4) is 0 Å². The molecule has 0 N–H and O–H groups in total. The van der Waals surface area contributed by atoms with E-state index >= 15 is 0 Å². The first-order valence-corrected chi connectivity index (χ1v) is 6.79. The van der Waals surface area contributed by atoms with Gasteiger partial charge in [0.2, 0.25) is 0 Å². The third-order valence-corrected chi connectivity index (χ3v) is 3.31. The summed E-state index contributed by atoms with van der Waals surface area (Å²) in [4.78, 5) is 18.1. The average Bonchev–Trinajstić information content (AvgIpc) is 2.33. The lowest BCUT2D eigenvalue weighted by Gasteiger charge is -2.27. The molecule has 1 heterocycles. The molecule has 100 valence electrons. The topological polar surface area (TPSA) is 42.4 Å². The Labute approximate surface area is 120 Å². The lowest BCUT2D eigenvalue weighted by molar-refractivity contribution is 0.0579. The van der Waals surface area contributed by atoms with E-state index in [9.17, 15) is 4.79 Å². The smallest absolute Gasteiger partial charge is 0.257 e. The number of carbonyl (C=O) groups excluding carboxylic acids is 1. The summed E-state index contributed by atoms with van der Waals surface area (Å²) in [7, 11) is 1.61. The van der Waals surface area contributed by atoms with Crippen LogP contribution in [-0.2, 0) is 4.74 Å². The number of methoxy groups -OCH3 is 1. The summed E-state index contributed by atoms with van der Waals surface area (Å²) in [5.74, 6) is -0.138. The minimum Gasteiger partial charge on any atom is -0.383 e. The predicted octanol–water partition coefficient (Wildman–Crippen LogP) is 2.99. The molecule has 0 aliphatic carbocycles. The van der Waals surface area contributed by atoms with Crippen molar-refractivity contribution in [1.82, 2.24) is 9.88 Å². The second kappa shape index (κ2) is 7.07. The molecular formula is C12H16BrClN2O2. The van der Waals surface area contributed by atoms with Gasteiger partial charge < -0.3 is 9.64 Å². The van der Waals surface area contributed by atoms with E-state index in [0.717, 1.165) is 4.47 Å². The molecule has 6 heteroatoms. The van der Waals surface area contributed by atoms with Crippen LogP contribution in [0.4, 0.5) is 0 Å². The Kier molecular flexibility index (Phi) is 6.05. The number of likely N-dealkylation sites (N-methyl/N-ethyl adjacent to an activating group) is 1. The van der Waals surface area contributed by atoms with Crippen molar-refractivity contribution in [3.63, 3.8) is 0 Å². The Balaban J connectivity index is 2.99. The molecule has 0 aliphatic heterocycles. The van der Waals surface area contributed by atoms with Gasteiger partial charge in [0.05, 0.1) is 18.2 Å². The molecule has 1 rings (SSSR count). The van der Waals surface area contributed by atoms with Crippen LogP contribution < -0.4 is 0 Å². The van der Waals surface area contributed by atoms with Gasteiger partial charge in [-0.1, -0.05) is 11.6 Å². The number of rotatable bonds is 5. The monoisotopic (exact) mass is 334 g/mol. The molecule has 1 aromatic rings. The SMILES string of the molecule is CCN(C(=O)c1cc(Br)cnc1Cl)[C@H](C)COC. The molecule has 1 amide bonds. The van der Waals surface area contributed by atoms with Gasteiger partial charge in [-0.25, -0.2) is 4.98 Å². The van der Waals surface area contributed by atoms with Crippen molar-refractivity contribution in [1.29, 1.82) is 0 Å². The van der Waals surface area contributed by atoms with E-state index < -0.39 is 0 Å². The van der Waals surface area contributed by atoms with E-state index in [2.05, 4.69) is 20.9 Å². The van der Waals surface area contributed by atoms with Crippen molar-refractivity contribution in [2.45, 2.75) is 19.9 Å². The lowest BCUT2D eigenvalue weighted by Crippen LogP contribution is -2.41. The van der Waals surface area contributed by atoms with Gasteiger partial charge in [-0.2, -0.15) is 0 Å². The van der Waals surface area contributed by atoms with Crippen molar-refractivity contribution in [3.05, 3.63) is 27.5 Å². The summed E-state index contributed by atoms with van der Waals surface area (Å²) in [6.07, 6.45) is 1.56. The van der Waals surface area contributed by atoms with Crippen LogP contribution in [0.25, 0.3) is 0 Å². The highest BCUT2D eigenvalue weighted by atomic mass is 79.9. The molecule has 0 aromatic carbocycles. The normalized spacial score (nSPS) is 12.3. The highest BCUT2D eigenvalue weighted by Gasteiger charge is 2.22. The molecule has 1 aromatic heterocycles. The van der Waals surface area contributed by atoms with E-state index in [4.69, 9.17) is 16.3 Å². The molecule has 1 atom stereocenters. The van der Waals surface area contributed by atoms with Gasteiger partial charge in [0.25, 0.3) is 5.91 Å². The second-order valence-electron chi connectivity index (χ2n) is 3.89. The number of hydrogen-bond donors (Lipinski definition) is 0. The largest absolute Gasteiger partial charge is 0.383 e. The number of carbonyl (C=O) groups is 1. The summed E-state index contributed by atoms with van der Waals surface area (Å²) >= 11 is 9.25. The van der Waals surface area contributed by atoms with Gasteiger partial charge >= 0.3 is 0 Å².